The maximum atomic E-state index is 6.24. The predicted octanol–water partition coefficient (Wildman–Crippen LogP) is 5.13. The van der Waals surface area contributed by atoms with E-state index >= 15 is 0 Å². The molecule has 2 N–H and O–H groups in total. The van der Waals surface area contributed by atoms with Crippen LogP contribution < -0.4 is 5.73 Å². The molecule has 1 heteroatoms. The molecule has 0 saturated heterocycles. The Morgan fingerprint density at radius 3 is 2.26 bits per heavy atom. The quantitative estimate of drug-likeness (QED) is 0.723. The smallest absolute Gasteiger partial charge is 0.0352 e. The summed E-state index contributed by atoms with van der Waals surface area (Å²) in [6.07, 6.45) is 6.15. The molecule has 0 aliphatic heterocycles. The summed E-state index contributed by atoms with van der Waals surface area (Å²) in [5, 5.41) is 0. The first kappa shape index (κ1) is 16.2. The number of aryl methyl sites for hydroxylation is 1. The SMILES string of the molecule is CCCc1cc(C(C)(C)N)ccc1C(CC)CCC. The van der Waals surface area contributed by atoms with Crippen LogP contribution in [0, 0.1) is 0 Å². The minimum Gasteiger partial charge on any atom is -0.322 e. The van der Waals surface area contributed by atoms with Crippen LogP contribution in [0.2, 0.25) is 0 Å². The van der Waals surface area contributed by atoms with Crippen molar-refractivity contribution in [1.82, 2.24) is 0 Å². The van der Waals surface area contributed by atoms with Gasteiger partial charge in [0.15, 0.2) is 0 Å². The lowest BCUT2D eigenvalue weighted by atomic mass is 9.84. The lowest BCUT2D eigenvalue weighted by Crippen LogP contribution is -2.28. The molecule has 0 aromatic heterocycles. The van der Waals surface area contributed by atoms with Crippen LogP contribution in [0.15, 0.2) is 18.2 Å². The van der Waals surface area contributed by atoms with Gasteiger partial charge in [0, 0.05) is 5.54 Å². The van der Waals surface area contributed by atoms with Crippen LogP contribution in [0.3, 0.4) is 0 Å². The van der Waals surface area contributed by atoms with Gasteiger partial charge in [-0.15, -0.1) is 0 Å². The third-order valence-corrected chi connectivity index (χ3v) is 3.98. The minimum absolute atomic E-state index is 0.243. The molecule has 0 bridgehead atoms. The van der Waals surface area contributed by atoms with E-state index in [9.17, 15) is 0 Å². The average Bonchev–Trinajstić information content (AvgIpc) is 2.35. The van der Waals surface area contributed by atoms with Gasteiger partial charge in [-0.1, -0.05) is 51.8 Å². The molecule has 1 unspecified atom stereocenters. The molecule has 108 valence electrons. The van der Waals surface area contributed by atoms with Crippen molar-refractivity contribution >= 4 is 0 Å². The Labute approximate surface area is 119 Å². The maximum absolute atomic E-state index is 6.24. The summed E-state index contributed by atoms with van der Waals surface area (Å²) < 4.78 is 0. The molecule has 19 heavy (non-hydrogen) atoms. The van der Waals surface area contributed by atoms with E-state index in [1.807, 2.05) is 0 Å². The molecule has 1 rings (SSSR count). The molecule has 1 aromatic carbocycles. The molecule has 0 spiro atoms. The first-order valence-corrected chi connectivity index (χ1v) is 7.86. The third-order valence-electron chi connectivity index (χ3n) is 3.98. The molecular weight excluding hydrogens is 230 g/mol. The third kappa shape index (κ3) is 4.35. The highest BCUT2D eigenvalue weighted by atomic mass is 14.7. The van der Waals surface area contributed by atoms with Gasteiger partial charge in [-0.3, -0.25) is 0 Å². The predicted molar refractivity (Wildman–Crippen MR) is 85.6 cm³/mol. The number of benzene rings is 1. The number of hydrogen-bond donors (Lipinski definition) is 1. The monoisotopic (exact) mass is 261 g/mol. The molecule has 1 atom stereocenters. The topological polar surface area (TPSA) is 26.0 Å². The average molecular weight is 261 g/mol. The van der Waals surface area contributed by atoms with E-state index in [-0.39, 0.29) is 5.54 Å². The molecule has 0 fully saturated rings. The van der Waals surface area contributed by atoms with Gasteiger partial charge < -0.3 is 5.73 Å². The molecule has 0 aliphatic carbocycles. The molecule has 0 aliphatic rings. The van der Waals surface area contributed by atoms with Crippen LogP contribution in [0.25, 0.3) is 0 Å². The van der Waals surface area contributed by atoms with Crippen molar-refractivity contribution < 1.29 is 0 Å². The van der Waals surface area contributed by atoms with E-state index in [0.717, 1.165) is 0 Å². The Morgan fingerprint density at radius 2 is 1.79 bits per heavy atom. The van der Waals surface area contributed by atoms with E-state index in [1.54, 1.807) is 5.56 Å². The second-order valence-electron chi connectivity index (χ2n) is 6.28. The lowest BCUT2D eigenvalue weighted by molar-refractivity contribution is 0.550. The van der Waals surface area contributed by atoms with Crippen molar-refractivity contribution in [3.63, 3.8) is 0 Å². The summed E-state index contributed by atoms with van der Waals surface area (Å²) in [5.74, 6) is 0.710. The molecule has 0 radical (unpaired) electrons. The first-order chi connectivity index (χ1) is 8.93. The molecule has 0 heterocycles. The summed E-state index contributed by atoms with van der Waals surface area (Å²) in [7, 11) is 0. The van der Waals surface area contributed by atoms with Gasteiger partial charge in [-0.2, -0.15) is 0 Å². The van der Waals surface area contributed by atoms with Crippen LogP contribution >= 0.6 is 0 Å². The van der Waals surface area contributed by atoms with Crippen LogP contribution in [0.1, 0.15) is 82.9 Å². The van der Waals surface area contributed by atoms with Gasteiger partial charge >= 0.3 is 0 Å². The van der Waals surface area contributed by atoms with Crippen LogP contribution in [-0.2, 0) is 12.0 Å². The van der Waals surface area contributed by atoms with Crippen molar-refractivity contribution in [2.45, 2.75) is 78.2 Å². The van der Waals surface area contributed by atoms with Gasteiger partial charge in [0.25, 0.3) is 0 Å². The van der Waals surface area contributed by atoms with E-state index in [1.165, 1.54) is 43.2 Å². The van der Waals surface area contributed by atoms with Crippen LogP contribution in [-0.4, -0.2) is 0 Å². The van der Waals surface area contributed by atoms with Crippen molar-refractivity contribution in [3.8, 4) is 0 Å². The van der Waals surface area contributed by atoms with Crippen molar-refractivity contribution in [2.24, 2.45) is 5.73 Å². The highest BCUT2D eigenvalue weighted by Gasteiger charge is 2.18. The fourth-order valence-corrected chi connectivity index (χ4v) is 2.82. The van der Waals surface area contributed by atoms with Crippen LogP contribution in [0.4, 0.5) is 0 Å². The lowest BCUT2D eigenvalue weighted by Gasteiger charge is -2.24. The van der Waals surface area contributed by atoms with Gasteiger partial charge in [0.05, 0.1) is 0 Å². The largest absolute Gasteiger partial charge is 0.322 e. The zero-order valence-corrected chi connectivity index (χ0v) is 13.4. The maximum Gasteiger partial charge on any atom is 0.0352 e. The van der Waals surface area contributed by atoms with Crippen molar-refractivity contribution in [3.05, 3.63) is 34.9 Å². The zero-order chi connectivity index (χ0) is 14.5. The molecule has 0 saturated carbocycles. The minimum atomic E-state index is -0.243. The highest BCUT2D eigenvalue weighted by molar-refractivity contribution is 5.37. The first-order valence-electron chi connectivity index (χ1n) is 7.86. The zero-order valence-electron chi connectivity index (χ0n) is 13.4. The van der Waals surface area contributed by atoms with Gasteiger partial charge in [-0.05, 0) is 55.7 Å². The van der Waals surface area contributed by atoms with E-state index in [4.69, 9.17) is 5.73 Å². The number of hydrogen-bond acceptors (Lipinski definition) is 1. The Kier molecular flexibility index (Phi) is 6.06. The Balaban J connectivity index is 3.17. The second kappa shape index (κ2) is 7.09. The Bertz CT molecular complexity index is 387. The fourth-order valence-electron chi connectivity index (χ4n) is 2.82. The van der Waals surface area contributed by atoms with E-state index in [2.05, 4.69) is 52.8 Å². The highest BCUT2D eigenvalue weighted by Crippen LogP contribution is 2.31. The van der Waals surface area contributed by atoms with Gasteiger partial charge in [-0.25, -0.2) is 0 Å². The van der Waals surface area contributed by atoms with Crippen molar-refractivity contribution in [2.75, 3.05) is 0 Å². The molecule has 0 amide bonds. The van der Waals surface area contributed by atoms with Gasteiger partial charge in [0.2, 0.25) is 0 Å². The number of nitrogens with two attached hydrogens (primary N) is 1. The summed E-state index contributed by atoms with van der Waals surface area (Å²) in [4.78, 5) is 0. The normalized spacial score (nSPS) is 13.6. The standard InChI is InChI=1S/C18H31N/c1-6-9-14(8-3)17-12-11-16(18(4,5)19)13-15(17)10-7-2/h11-14H,6-10,19H2,1-5H3. The Hall–Kier alpha value is -0.820. The van der Waals surface area contributed by atoms with E-state index < -0.39 is 0 Å². The fraction of sp³-hybridized carbons (Fsp3) is 0.667. The van der Waals surface area contributed by atoms with Gasteiger partial charge in [0.1, 0.15) is 0 Å². The number of rotatable bonds is 7. The Morgan fingerprint density at radius 1 is 1.11 bits per heavy atom. The van der Waals surface area contributed by atoms with Crippen molar-refractivity contribution in [1.29, 1.82) is 0 Å². The summed E-state index contributed by atoms with van der Waals surface area (Å²) in [6.45, 7) is 11.0. The molecule has 1 aromatic rings. The summed E-state index contributed by atoms with van der Waals surface area (Å²) in [6, 6.07) is 6.91. The molecule has 1 nitrogen and oxygen atoms in total. The summed E-state index contributed by atoms with van der Waals surface area (Å²) >= 11 is 0. The summed E-state index contributed by atoms with van der Waals surface area (Å²) in [5.41, 5.74) is 10.3. The van der Waals surface area contributed by atoms with E-state index in [0.29, 0.717) is 5.92 Å². The molecular formula is C18H31N. The second-order valence-corrected chi connectivity index (χ2v) is 6.28. The van der Waals surface area contributed by atoms with Crippen LogP contribution in [0.5, 0.6) is 0 Å².